The second-order valence-corrected chi connectivity index (χ2v) is 6.19. The van der Waals surface area contributed by atoms with Crippen molar-refractivity contribution in [2.24, 2.45) is 0 Å². The number of amides is 1. The van der Waals surface area contributed by atoms with E-state index < -0.39 is 0 Å². The Labute approximate surface area is 139 Å². The third kappa shape index (κ3) is 3.64. The molecule has 2 N–H and O–H groups in total. The third-order valence-corrected chi connectivity index (χ3v) is 4.35. The van der Waals surface area contributed by atoms with Crippen molar-refractivity contribution in [3.05, 3.63) is 40.3 Å². The fourth-order valence-electron chi connectivity index (χ4n) is 2.89. The largest absolute Gasteiger partial charge is 0.350 e. The van der Waals surface area contributed by atoms with Crippen LogP contribution in [-0.2, 0) is 11.3 Å². The molecule has 8 nitrogen and oxygen atoms in total. The van der Waals surface area contributed by atoms with E-state index in [1.54, 1.807) is 30.2 Å². The van der Waals surface area contributed by atoms with Crippen LogP contribution >= 0.6 is 0 Å². The molecular formula is C16H22N6O2. The van der Waals surface area contributed by atoms with Gasteiger partial charge in [0.25, 0.3) is 5.56 Å². The Balaban J connectivity index is 1.64. The first kappa shape index (κ1) is 16.2. The molecule has 3 heterocycles. The van der Waals surface area contributed by atoms with Gasteiger partial charge < -0.3 is 14.8 Å². The fourth-order valence-corrected chi connectivity index (χ4v) is 2.89. The molecule has 1 atom stereocenters. The molecule has 1 saturated heterocycles. The van der Waals surface area contributed by atoms with Gasteiger partial charge in [-0.25, -0.2) is 9.97 Å². The molecule has 0 saturated carbocycles. The summed E-state index contributed by atoms with van der Waals surface area (Å²) in [6.07, 6.45) is 6.89. The first-order valence-corrected chi connectivity index (χ1v) is 8.10. The van der Waals surface area contributed by atoms with E-state index in [-0.39, 0.29) is 24.1 Å². The lowest BCUT2D eigenvalue weighted by Crippen LogP contribution is -2.49. The monoisotopic (exact) mass is 330 g/mol. The second kappa shape index (κ2) is 6.86. The highest BCUT2D eigenvalue weighted by atomic mass is 16.2. The quantitative estimate of drug-likeness (QED) is 0.844. The van der Waals surface area contributed by atoms with Crippen LogP contribution in [0.25, 0.3) is 0 Å². The SMILES string of the molecule is Cc1nc(N2CCC[C@@H](NC(=O)Cn3ccnc3)C2)[nH]c(=O)c1C. The predicted molar refractivity (Wildman–Crippen MR) is 89.9 cm³/mol. The molecule has 0 aromatic carbocycles. The topological polar surface area (TPSA) is 95.9 Å². The smallest absolute Gasteiger partial charge is 0.255 e. The summed E-state index contributed by atoms with van der Waals surface area (Å²) in [5, 5.41) is 3.05. The van der Waals surface area contributed by atoms with E-state index in [0.717, 1.165) is 25.1 Å². The van der Waals surface area contributed by atoms with Gasteiger partial charge in [-0.3, -0.25) is 14.6 Å². The Morgan fingerprint density at radius 1 is 1.46 bits per heavy atom. The minimum atomic E-state index is -0.108. The number of rotatable bonds is 4. The summed E-state index contributed by atoms with van der Waals surface area (Å²) in [5.41, 5.74) is 1.27. The zero-order chi connectivity index (χ0) is 17.1. The number of anilines is 1. The molecular weight excluding hydrogens is 308 g/mol. The molecule has 3 rings (SSSR count). The highest BCUT2D eigenvalue weighted by Gasteiger charge is 2.23. The number of piperidine rings is 1. The lowest BCUT2D eigenvalue weighted by atomic mass is 10.1. The Morgan fingerprint density at radius 3 is 3.00 bits per heavy atom. The van der Waals surface area contributed by atoms with Gasteiger partial charge in [0.2, 0.25) is 11.9 Å². The molecule has 0 unspecified atom stereocenters. The number of hydrogen-bond acceptors (Lipinski definition) is 5. The maximum atomic E-state index is 12.1. The number of hydrogen-bond donors (Lipinski definition) is 2. The van der Waals surface area contributed by atoms with Crippen LogP contribution in [0.3, 0.4) is 0 Å². The van der Waals surface area contributed by atoms with E-state index >= 15 is 0 Å². The Kier molecular flexibility index (Phi) is 4.64. The molecule has 8 heteroatoms. The van der Waals surface area contributed by atoms with Gasteiger partial charge >= 0.3 is 0 Å². The number of carbonyl (C=O) groups excluding carboxylic acids is 1. The van der Waals surface area contributed by atoms with Gasteiger partial charge in [0, 0.05) is 42.8 Å². The average Bonchev–Trinajstić information content (AvgIpc) is 3.05. The third-order valence-electron chi connectivity index (χ3n) is 4.35. The summed E-state index contributed by atoms with van der Waals surface area (Å²) in [6.45, 7) is 5.32. The van der Waals surface area contributed by atoms with Gasteiger partial charge in [0.05, 0.1) is 6.33 Å². The van der Waals surface area contributed by atoms with E-state index in [9.17, 15) is 9.59 Å². The summed E-state index contributed by atoms with van der Waals surface area (Å²) in [7, 11) is 0. The van der Waals surface area contributed by atoms with Crippen molar-refractivity contribution in [1.82, 2.24) is 24.8 Å². The number of imidazole rings is 1. The molecule has 0 aliphatic carbocycles. The van der Waals surface area contributed by atoms with Crippen molar-refractivity contribution in [2.45, 2.75) is 39.3 Å². The number of H-pyrrole nitrogens is 1. The first-order valence-electron chi connectivity index (χ1n) is 8.10. The molecule has 1 fully saturated rings. The molecule has 128 valence electrons. The van der Waals surface area contributed by atoms with Crippen molar-refractivity contribution in [3.63, 3.8) is 0 Å². The summed E-state index contributed by atoms with van der Waals surface area (Å²) in [6, 6.07) is 0.0432. The van der Waals surface area contributed by atoms with Crippen LogP contribution in [-0.4, -0.2) is 44.6 Å². The Morgan fingerprint density at radius 2 is 2.29 bits per heavy atom. The van der Waals surface area contributed by atoms with Crippen molar-refractivity contribution in [3.8, 4) is 0 Å². The summed E-state index contributed by atoms with van der Waals surface area (Å²) in [5.74, 6) is 0.540. The molecule has 0 bridgehead atoms. The lowest BCUT2D eigenvalue weighted by molar-refractivity contribution is -0.122. The zero-order valence-corrected chi connectivity index (χ0v) is 14.0. The summed E-state index contributed by atoms with van der Waals surface area (Å²) in [4.78, 5) is 37.3. The van der Waals surface area contributed by atoms with Crippen LogP contribution < -0.4 is 15.8 Å². The molecule has 2 aromatic rings. The molecule has 0 spiro atoms. The van der Waals surface area contributed by atoms with Gasteiger partial charge in [-0.05, 0) is 26.7 Å². The molecule has 1 aliphatic heterocycles. The van der Waals surface area contributed by atoms with Crippen LogP contribution in [0, 0.1) is 13.8 Å². The van der Waals surface area contributed by atoms with Crippen molar-refractivity contribution >= 4 is 11.9 Å². The highest BCUT2D eigenvalue weighted by Crippen LogP contribution is 2.16. The standard InChI is InChI=1S/C16H22N6O2/c1-11-12(2)18-16(20-15(11)24)22-6-3-4-13(8-22)19-14(23)9-21-7-5-17-10-21/h5,7,10,13H,3-4,6,8-9H2,1-2H3,(H,19,23)(H,18,20,24)/t13-/m1/s1. The predicted octanol–water partition coefficient (Wildman–Crippen LogP) is 0.368. The van der Waals surface area contributed by atoms with Gasteiger partial charge in [0.15, 0.2) is 0 Å². The van der Waals surface area contributed by atoms with Crippen LogP contribution in [0.5, 0.6) is 0 Å². The van der Waals surface area contributed by atoms with Gasteiger partial charge in [-0.2, -0.15) is 0 Å². The van der Waals surface area contributed by atoms with Crippen molar-refractivity contribution in [2.75, 3.05) is 18.0 Å². The summed E-state index contributed by atoms with van der Waals surface area (Å²) < 4.78 is 1.73. The lowest BCUT2D eigenvalue weighted by Gasteiger charge is -2.33. The maximum absolute atomic E-state index is 12.1. The van der Waals surface area contributed by atoms with Gasteiger partial charge in [-0.15, -0.1) is 0 Å². The molecule has 24 heavy (non-hydrogen) atoms. The van der Waals surface area contributed by atoms with E-state index in [4.69, 9.17) is 0 Å². The molecule has 1 aliphatic rings. The molecule has 2 aromatic heterocycles. The molecule has 0 radical (unpaired) electrons. The fraction of sp³-hybridized carbons (Fsp3) is 0.500. The number of carbonyl (C=O) groups is 1. The van der Waals surface area contributed by atoms with E-state index in [1.807, 2.05) is 11.8 Å². The van der Waals surface area contributed by atoms with Crippen LogP contribution in [0.4, 0.5) is 5.95 Å². The second-order valence-electron chi connectivity index (χ2n) is 6.19. The number of aromatic amines is 1. The van der Waals surface area contributed by atoms with E-state index in [0.29, 0.717) is 18.1 Å². The number of aryl methyl sites for hydroxylation is 1. The number of aromatic nitrogens is 4. The van der Waals surface area contributed by atoms with Gasteiger partial charge in [-0.1, -0.05) is 0 Å². The highest BCUT2D eigenvalue weighted by molar-refractivity contribution is 5.76. The van der Waals surface area contributed by atoms with E-state index in [2.05, 4.69) is 20.3 Å². The van der Waals surface area contributed by atoms with Crippen LogP contribution in [0.2, 0.25) is 0 Å². The zero-order valence-electron chi connectivity index (χ0n) is 14.0. The van der Waals surface area contributed by atoms with Crippen LogP contribution in [0.1, 0.15) is 24.1 Å². The maximum Gasteiger partial charge on any atom is 0.255 e. The minimum absolute atomic E-state index is 0.0404. The number of nitrogens with zero attached hydrogens (tertiary/aromatic N) is 4. The Bertz CT molecular complexity index is 767. The summed E-state index contributed by atoms with van der Waals surface area (Å²) >= 11 is 0. The van der Waals surface area contributed by atoms with Crippen molar-refractivity contribution < 1.29 is 4.79 Å². The minimum Gasteiger partial charge on any atom is -0.350 e. The molecule has 1 amide bonds. The van der Waals surface area contributed by atoms with Crippen LogP contribution in [0.15, 0.2) is 23.5 Å². The van der Waals surface area contributed by atoms with Gasteiger partial charge in [0.1, 0.15) is 6.54 Å². The van der Waals surface area contributed by atoms with Crippen molar-refractivity contribution in [1.29, 1.82) is 0 Å². The first-order chi connectivity index (χ1) is 11.5. The van der Waals surface area contributed by atoms with E-state index in [1.165, 1.54) is 0 Å². The average molecular weight is 330 g/mol. The Hall–Kier alpha value is -2.64. The number of nitrogens with one attached hydrogen (secondary N) is 2. The normalized spacial score (nSPS) is 17.8.